The molecular weight excluding hydrogens is 286 g/mol. The molecule has 0 aliphatic carbocycles. The summed E-state index contributed by atoms with van der Waals surface area (Å²) in [5.41, 5.74) is 8.89. The van der Waals surface area contributed by atoms with E-state index in [0.717, 1.165) is 16.9 Å². The van der Waals surface area contributed by atoms with Gasteiger partial charge in [-0.1, -0.05) is 12.1 Å². The summed E-state index contributed by atoms with van der Waals surface area (Å²) in [5.74, 6) is 0.758. The van der Waals surface area contributed by atoms with Crippen molar-refractivity contribution in [3.63, 3.8) is 0 Å². The number of ether oxygens (including phenoxy) is 2. The SMILES string of the molecule is Cc1cscc1-c1ccc2c(c1)OCCC2(C)OC(N)=O. The summed E-state index contributed by atoms with van der Waals surface area (Å²) in [7, 11) is 0. The molecule has 0 saturated carbocycles. The highest BCUT2D eigenvalue weighted by molar-refractivity contribution is 7.08. The number of benzene rings is 1. The Morgan fingerprint density at radius 3 is 2.90 bits per heavy atom. The standard InChI is InChI=1S/C16H17NO3S/c1-10-8-21-9-12(10)11-3-4-13-14(7-11)19-6-5-16(13,2)20-15(17)18/h3-4,7-9H,5-6H2,1-2H3,(H2,17,18). The molecule has 2 heterocycles. The van der Waals surface area contributed by atoms with Gasteiger partial charge in [0, 0.05) is 12.0 Å². The molecule has 1 unspecified atom stereocenters. The van der Waals surface area contributed by atoms with Gasteiger partial charge in [0.2, 0.25) is 0 Å². The molecule has 3 rings (SSSR count). The van der Waals surface area contributed by atoms with Crippen LogP contribution in [-0.4, -0.2) is 12.7 Å². The molecule has 0 bridgehead atoms. The van der Waals surface area contributed by atoms with E-state index in [1.54, 1.807) is 11.3 Å². The lowest BCUT2D eigenvalue weighted by molar-refractivity contribution is -0.00280. The summed E-state index contributed by atoms with van der Waals surface area (Å²) in [6.45, 7) is 4.46. The van der Waals surface area contributed by atoms with Crippen LogP contribution in [0.15, 0.2) is 29.0 Å². The first-order chi connectivity index (χ1) is 9.99. The number of hydrogen-bond donors (Lipinski definition) is 1. The Balaban J connectivity index is 2.03. The Morgan fingerprint density at radius 1 is 1.43 bits per heavy atom. The number of rotatable bonds is 2. The van der Waals surface area contributed by atoms with Crippen molar-refractivity contribution < 1.29 is 14.3 Å². The van der Waals surface area contributed by atoms with Crippen molar-refractivity contribution in [3.05, 3.63) is 40.1 Å². The lowest BCUT2D eigenvalue weighted by Crippen LogP contribution is -2.36. The molecule has 1 amide bonds. The highest BCUT2D eigenvalue weighted by Gasteiger charge is 2.36. The van der Waals surface area contributed by atoms with E-state index < -0.39 is 11.7 Å². The zero-order chi connectivity index (χ0) is 15.0. The van der Waals surface area contributed by atoms with Gasteiger partial charge in [0.25, 0.3) is 0 Å². The minimum Gasteiger partial charge on any atom is -0.493 e. The molecule has 1 aliphatic heterocycles. The lowest BCUT2D eigenvalue weighted by Gasteiger charge is -2.34. The quantitative estimate of drug-likeness (QED) is 0.917. The van der Waals surface area contributed by atoms with Crippen molar-refractivity contribution in [2.75, 3.05) is 6.61 Å². The Hall–Kier alpha value is -2.01. The predicted molar refractivity (Wildman–Crippen MR) is 82.6 cm³/mol. The van der Waals surface area contributed by atoms with Crippen LogP contribution in [0.5, 0.6) is 5.75 Å². The van der Waals surface area contributed by atoms with E-state index in [1.807, 2.05) is 25.1 Å². The van der Waals surface area contributed by atoms with Crippen LogP contribution in [0.25, 0.3) is 11.1 Å². The van der Waals surface area contributed by atoms with Crippen LogP contribution in [-0.2, 0) is 10.3 Å². The Bertz CT molecular complexity index is 695. The van der Waals surface area contributed by atoms with Gasteiger partial charge in [-0.05, 0) is 47.4 Å². The van der Waals surface area contributed by atoms with Crippen LogP contribution in [0.4, 0.5) is 4.79 Å². The van der Waals surface area contributed by atoms with E-state index in [4.69, 9.17) is 15.2 Å². The predicted octanol–water partition coefficient (Wildman–Crippen LogP) is 3.82. The summed E-state index contributed by atoms with van der Waals surface area (Å²) in [4.78, 5) is 11.1. The van der Waals surface area contributed by atoms with Gasteiger partial charge in [-0.3, -0.25) is 0 Å². The molecule has 4 nitrogen and oxygen atoms in total. The summed E-state index contributed by atoms with van der Waals surface area (Å²) in [5, 5.41) is 4.24. The number of amides is 1. The average Bonchev–Trinajstić information content (AvgIpc) is 2.83. The van der Waals surface area contributed by atoms with Gasteiger partial charge in [-0.15, -0.1) is 0 Å². The maximum Gasteiger partial charge on any atom is 0.405 e. The van der Waals surface area contributed by atoms with Gasteiger partial charge in [0.1, 0.15) is 11.4 Å². The minimum absolute atomic E-state index is 0.503. The summed E-state index contributed by atoms with van der Waals surface area (Å²) >= 11 is 1.68. The van der Waals surface area contributed by atoms with Crippen LogP contribution in [0.2, 0.25) is 0 Å². The van der Waals surface area contributed by atoms with Crippen molar-refractivity contribution in [1.29, 1.82) is 0 Å². The topological polar surface area (TPSA) is 61.6 Å². The Morgan fingerprint density at radius 2 is 2.24 bits per heavy atom. The maximum absolute atomic E-state index is 11.1. The van der Waals surface area contributed by atoms with E-state index in [0.29, 0.717) is 13.0 Å². The van der Waals surface area contributed by atoms with E-state index in [9.17, 15) is 4.79 Å². The second kappa shape index (κ2) is 5.07. The number of primary amides is 1. The van der Waals surface area contributed by atoms with Gasteiger partial charge in [-0.2, -0.15) is 11.3 Å². The van der Waals surface area contributed by atoms with E-state index in [1.165, 1.54) is 11.1 Å². The van der Waals surface area contributed by atoms with Gasteiger partial charge >= 0.3 is 6.09 Å². The van der Waals surface area contributed by atoms with E-state index in [2.05, 4.69) is 17.7 Å². The number of thiophene rings is 1. The Labute approximate surface area is 127 Å². The number of carbonyl (C=O) groups excluding carboxylic acids is 1. The number of fused-ring (bicyclic) bond motifs is 1. The molecule has 0 spiro atoms. The van der Waals surface area contributed by atoms with Crippen LogP contribution in [0, 0.1) is 6.92 Å². The first-order valence-electron chi connectivity index (χ1n) is 6.78. The fourth-order valence-corrected chi connectivity index (χ4v) is 3.58. The smallest absolute Gasteiger partial charge is 0.405 e. The third kappa shape index (κ3) is 2.49. The first kappa shape index (κ1) is 13.9. The maximum atomic E-state index is 11.1. The van der Waals surface area contributed by atoms with Crippen molar-refractivity contribution in [2.24, 2.45) is 5.73 Å². The molecule has 110 valence electrons. The average molecular weight is 303 g/mol. The van der Waals surface area contributed by atoms with Crippen molar-refractivity contribution in [3.8, 4) is 16.9 Å². The highest BCUT2D eigenvalue weighted by Crippen LogP contribution is 2.42. The molecule has 2 aromatic rings. The van der Waals surface area contributed by atoms with E-state index in [-0.39, 0.29) is 0 Å². The number of carbonyl (C=O) groups is 1. The third-order valence-electron chi connectivity index (χ3n) is 3.88. The fourth-order valence-electron chi connectivity index (χ4n) is 2.72. The molecule has 21 heavy (non-hydrogen) atoms. The summed E-state index contributed by atoms with van der Waals surface area (Å²) < 4.78 is 11.1. The van der Waals surface area contributed by atoms with Gasteiger partial charge in [0.05, 0.1) is 6.61 Å². The number of hydrogen-bond acceptors (Lipinski definition) is 4. The highest BCUT2D eigenvalue weighted by atomic mass is 32.1. The molecular formula is C16H17NO3S. The van der Waals surface area contributed by atoms with Gasteiger partial charge in [0.15, 0.2) is 0 Å². The molecule has 0 saturated heterocycles. The molecule has 1 aromatic heterocycles. The van der Waals surface area contributed by atoms with Crippen LogP contribution in [0.3, 0.4) is 0 Å². The first-order valence-corrected chi connectivity index (χ1v) is 7.73. The van der Waals surface area contributed by atoms with Gasteiger partial charge < -0.3 is 15.2 Å². The zero-order valence-corrected chi connectivity index (χ0v) is 12.8. The molecule has 1 aliphatic rings. The largest absolute Gasteiger partial charge is 0.493 e. The lowest BCUT2D eigenvalue weighted by atomic mass is 9.88. The molecule has 2 N–H and O–H groups in total. The van der Waals surface area contributed by atoms with Gasteiger partial charge in [-0.25, -0.2) is 4.79 Å². The Kier molecular flexibility index (Phi) is 3.37. The molecule has 0 fully saturated rings. The second-order valence-corrected chi connectivity index (χ2v) is 6.17. The van der Waals surface area contributed by atoms with E-state index >= 15 is 0 Å². The fraction of sp³-hybridized carbons (Fsp3) is 0.312. The number of aryl methyl sites for hydroxylation is 1. The minimum atomic E-state index is -0.761. The summed E-state index contributed by atoms with van der Waals surface area (Å²) in [6.07, 6.45) is -0.164. The molecule has 1 aromatic carbocycles. The normalized spacial score (nSPS) is 20.5. The summed E-state index contributed by atoms with van der Waals surface area (Å²) in [6, 6.07) is 6.00. The monoisotopic (exact) mass is 303 g/mol. The number of nitrogens with two attached hydrogens (primary N) is 1. The van der Waals surface area contributed by atoms with Crippen LogP contribution < -0.4 is 10.5 Å². The molecule has 5 heteroatoms. The molecule has 1 atom stereocenters. The zero-order valence-electron chi connectivity index (χ0n) is 12.0. The van der Waals surface area contributed by atoms with Crippen LogP contribution >= 0.6 is 11.3 Å². The van der Waals surface area contributed by atoms with Crippen molar-refractivity contribution in [2.45, 2.75) is 25.9 Å². The van der Waals surface area contributed by atoms with Crippen molar-refractivity contribution in [1.82, 2.24) is 0 Å². The second-order valence-electron chi connectivity index (χ2n) is 5.43. The van der Waals surface area contributed by atoms with Crippen molar-refractivity contribution >= 4 is 17.4 Å². The van der Waals surface area contributed by atoms with Crippen LogP contribution in [0.1, 0.15) is 24.5 Å². The third-order valence-corrected chi connectivity index (χ3v) is 4.74. The molecule has 0 radical (unpaired) electrons.